The highest BCUT2D eigenvalue weighted by molar-refractivity contribution is 5.85. The second-order valence-electron chi connectivity index (χ2n) is 7.58. The van der Waals surface area contributed by atoms with E-state index >= 15 is 0 Å². The monoisotopic (exact) mass is 399 g/mol. The molecule has 0 aliphatic carbocycles. The number of hydroxylamine groups is 1. The number of carboxylic acid groups (broad SMARTS) is 1. The number of aliphatic carboxylic acids is 1. The van der Waals surface area contributed by atoms with E-state index < -0.39 is 11.8 Å². The topological polar surface area (TPSA) is 77.0 Å². The molecule has 1 heterocycles. The van der Waals surface area contributed by atoms with Crippen LogP contribution in [0.2, 0.25) is 0 Å². The SMILES string of the molecule is C=C(NOCCCCCC1COC(C)(C(=O)O)OC1)c1ccc2ccccc2c1. The number of rotatable bonds is 10. The number of benzene rings is 2. The molecule has 0 amide bonds. The first-order chi connectivity index (χ1) is 14.0. The Hall–Kier alpha value is -2.41. The predicted octanol–water partition coefficient (Wildman–Crippen LogP) is 4.36. The van der Waals surface area contributed by atoms with Crippen LogP contribution in [-0.2, 0) is 19.1 Å². The van der Waals surface area contributed by atoms with Crippen molar-refractivity contribution in [3.8, 4) is 0 Å². The molecule has 6 nitrogen and oxygen atoms in total. The minimum absolute atomic E-state index is 0.245. The van der Waals surface area contributed by atoms with Crippen LogP contribution in [0.4, 0.5) is 0 Å². The van der Waals surface area contributed by atoms with Crippen LogP contribution in [0.15, 0.2) is 49.0 Å². The van der Waals surface area contributed by atoms with E-state index in [1.54, 1.807) is 0 Å². The molecule has 156 valence electrons. The first-order valence-electron chi connectivity index (χ1n) is 10.0. The van der Waals surface area contributed by atoms with Crippen molar-refractivity contribution in [2.75, 3.05) is 19.8 Å². The fourth-order valence-corrected chi connectivity index (χ4v) is 3.29. The Morgan fingerprint density at radius 1 is 1.17 bits per heavy atom. The van der Waals surface area contributed by atoms with E-state index in [1.807, 2.05) is 18.2 Å². The van der Waals surface area contributed by atoms with Gasteiger partial charge in [0.2, 0.25) is 0 Å². The van der Waals surface area contributed by atoms with Crippen molar-refractivity contribution in [3.63, 3.8) is 0 Å². The van der Waals surface area contributed by atoms with Gasteiger partial charge in [0, 0.05) is 12.8 Å². The summed E-state index contributed by atoms with van der Waals surface area (Å²) in [6, 6.07) is 14.4. The van der Waals surface area contributed by atoms with Gasteiger partial charge in [0.05, 0.1) is 25.5 Å². The summed E-state index contributed by atoms with van der Waals surface area (Å²) in [6.45, 7) is 6.94. The summed E-state index contributed by atoms with van der Waals surface area (Å²) >= 11 is 0. The standard InChI is InChI=1S/C23H29NO5/c1-17(20-12-11-19-9-5-6-10-21(19)14-20)24-29-13-7-3-4-8-18-15-27-23(2,22(25)26)28-16-18/h5-6,9-12,14,18,24H,1,3-4,7-8,13,15-16H2,2H3,(H,25,26). The maximum atomic E-state index is 11.1. The average Bonchev–Trinajstić information content (AvgIpc) is 2.73. The number of ether oxygens (including phenoxy) is 2. The molecule has 1 aliphatic heterocycles. The second kappa shape index (κ2) is 9.87. The quantitative estimate of drug-likeness (QED) is 0.457. The summed E-state index contributed by atoms with van der Waals surface area (Å²) in [5, 5.41) is 11.4. The fraction of sp³-hybridized carbons (Fsp3) is 0.435. The van der Waals surface area contributed by atoms with Crippen LogP contribution < -0.4 is 5.48 Å². The Kier molecular flexibility index (Phi) is 7.25. The first kappa shape index (κ1) is 21.3. The molecule has 2 aromatic carbocycles. The van der Waals surface area contributed by atoms with Gasteiger partial charge in [0.25, 0.3) is 5.79 Å². The van der Waals surface area contributed by atoms with Gasteiger partial charge in [0.1, 0.15) is 0 Å². The highest BCUT2D eigenvalue weighted by Crippen LogP contribution is 2.24. The van der Waals surface area contributed by atoms with Gasteiger partial charge in [-0.25, -0.2) is 4.79 Å². The van der Waals surface area contributed by atoms with Crippen molar-refractivity contribution in [1.29, 1.82) is 0 Å². The normalized spacial score (nSPS) is 21.8. The van der Waals surface area contributed by atoms with Gasteiger partial charge >= 0.3 is 5.97 Å². The number of nitrogens with one attached hydrogen (secondary N) is 1. The largest absolute Gasteiger partial charge is 0.477 e. The minimum Gasteiger partial charge on any atom is -0.477 e. The van der Waals surface area contributed by atoms with Crippen molar-refractivity contribution in [3.05, 3.63) is 54.6 Å². The summed E-state index contributed by atoms with van der Waals surface area (Å²) in [5.41, 5.74) is 4.69. The van der Waals surface area contributed by atoms with Gasteiger partial charge in [-0.3, -0.25) is 10.3 Å². The molecule has 0 atom stereocenters. The lowest BCUT2D eigenvalue weighted by atomic mass is 10.0. The van der Waals surface area contributed by atoms with Gasteiger partial charge in [-0.05, 0) is 35.2 Å². The Morgan fingerprint density at radius 2 is 1.90 bits per heavy atom. The average molecular weight is 399 g/mol. The summed E-state index contributed by atoms with van der Waals surface area (Å²) in [4.78, 5) is 16.6. The third-order valence-corrected chi connectivity index (χ3v) is 5.23. The molecule has 0 spiro atoms. The molecule has 1 saturated heterocycles. The second-order valence-corrected chi connectivity index (χ2v) is 7.58. The van der Waals surface area contributed by atoms with Crippen LogP contribution in [0.3, 0.4) is 0 Å². The van der Waals surface area contributed by atoms with Crippen LogP contribution in [0, 0.1) is 5.92 Å². The molecule has 2 N–H and O–H groups in total. The Morgan fingerprint density at radius 3 is 2.62 bits per heavy atom. The molecule has 0 aromatic heterocycles. The summed E-state index contributed by atoms with van der Waals surface area (Å²) in [6.07, 6.45) is 3.93. The van der Waals surface area contributed by atoms with Crippen molar-refractivity contribution in [1.82, 2.24) is 5.48 Å². The minimum atomic E-state index is -1.50. The van der Waals surface area contributed by atoms with E-state index in [4.69, 9.17) is 19.4 Å². The molecule has 0 unspecified atom stereocenters. The van der Waals surface area contributed by atoms with Gasteiger partial charge in [-0.15, -0.1) is 0 Å². The van der Waals surface area contributed by atoms with Crippen molar-refractivity contribution in [2.24, 2.45) is 5.92 Å². The maximum absolute atomic E-state index is 11.1. The summed E-state index contributed by atoms with van der Waals surface area (Å²) < 4.78 is 10.7. The van der Waals surface area contributed by atoms with Crippen LogP contribution in [0.1, 0.15) is 38.2 Å². The number of unbranched alkanes of at least 4 members (excludes halogenated alkanes) is 2. The van der Waals surface area contributed by atoms with Gasteiger partial charge in [0.15, 0.2) is 0 Å². The van der Waals surface area contributed by atoms with E-state index in [0.717, 1.165) is 36.9 Å². The summed E-state index contributed by atoms with van der Waals surface area (Å²) in [5.74, 6) is -2.33. The number of carbonyl (C=O) groups is 1. The molecule has 3 rings (SSSR count). The molecule has 0 radical (unpaired) electrons. The molecule has 1 aliphatic rings. The van der Waals surface area contributed by atoms with Gasteiger partial charge in [-0.1, -0.05) is 55.8 Å². The van der Waals surface area contributed by atoms with Gasteiger partial charge < -0.3 is 14.6 Å². The smallest absolute Gasteiger partial charge is 0.364 e. The van der Waals surface area contributed by atoms with Gasteiger partial charge in [-0.2, -0.15) is 0 Å². The van der Waals surface area contributed by atoms with Crippen LogP contribution in [0.5, 0.6) is 0 Å². The zero-order valence-corrected chi connectivity index (χ0v) is 16.9. The zero-order valence-electron chi connectivity index (χ0n) is 16.9. The number of fused-ring (bicyclic) bond motifs is 1. The molecule has 0 saturated carbocycles. The molecular formula is C23H29NO5. The molecular weight excluding hydrogens is 370 g/mol. The van der Waals surface area contributed by atoms with E-state index in [2.05, 4.69) is 36.3 Å². The third kappa shape index (κ3) is 5.79. The number of carboxylic acids is 1. The number of hydrogen-bond donors (Lipinski definition) is 2. The first-order valence-corrected chi connectivity index (χ1v) is 10.0. The van der Waals surface area contributed by atoms with Crippen molar-refractivity contribution in [2.45, 2.75) is 38.4 Å². The highest BCUT2D eigenvalue weighted by atomic mass is 16.7. The number of hydrogen-bond acceptors (Lipinski definition) is 5. The molecule has 2 aromatic rings. The van der Waals surface area contributed by atoms with E-state index in [0.29, 0.717) is 19.8 Å². The van der Waals surface area contributed by atoms with Crippen molar-refractivity contribution >= 4 is 22.4 Å². The fourth-order valence-electron chi connectivity index (χ4n) is 3.29. The predicted molar refractivity (Wildman–Crippen MR) is 112 cm³/mol. The summed E-state index contributed by atoms with van der Waals surface area (Å²) in [7, 11) is 0. The Balaban J connectivity index is 1.27. The lowest BCUT2D eigenvalue weighted by Gasteiger charge is -2.34. The third-order valence-electron chi connectivity index (χ3n) is 5.23. The van der Waals surface area contributed by atoms with Crippen LogP contribution in [-0.4, -0.2) is 36.7 Å². The molecule has 29 heavy (non-hydrogen) atoms. The molecule has 1 fully saturated rings. The highest BCUT2D eigenvalue weighted by Gasteiger charge is 2.40. The van der Waals surface area contributed by atoms with E-state index in [1.165, 1.54) is 17.7 Å². The Bertz CT molecular complexity index is 842. The van der Waals surface area contributed by atoms with E-state index in [-0.39, 0.29) is 5.92 Å². The zero-order chi connectivity index (χ0) is 20.7. The van der Waals surface area contributed by atoms with Crippen molar-refractivity contribution < 1.29 is 24.2 Å². The lowest BCUT2D eigenvalue weighted by molar-refractivity contribution is -0.271. The lowest BCUT2D eigenvalue weighted by Crippen LogP contribution is -2.47. The van der Waals surface area contributed by atoms with E-state index in [9.17, 15) is 4.79 Å². The molecule has 6 heteroatoms. The Labute approximate surface area is 171 Å². The van der Waals surface area contributed by atoms with Crippen LogP contribution >= 0.6 is 0 Å². The van der Waals surface area contributed by atoms with Crippen LogP contribution in [0.25, 0.3) is 16.5 Å². The maximum Gasteiger partial charge on any atom is 0.364 e. The molecule has 0 bridgehead atoms.